The van der Waals surface area contributed by atoms with Gasteiger partial charge >= 0.3 is 0 Å². The number of para-hydroxylation sites is 2. The maximum atomic E-state index is 12.8. The summed E-state index contributed by atoms with van der Waals surface area (Å²) in [5, 5.41) is 4.96. The SMILES string of the molecule is COc1cc(NS(C)(=O)=O)ccc1C(=O)NCc1cccc2cc3ccccc3nc12. The highest BCUT2D eigenvalue weighted by Crippen LogP contribution is 2.25. The predicted molar refractivity (Wildman–Crippen MR) is 122 cm³/mol. The quantitative estimate of drug-likeness (QED) is 0.450. The highest BCUT2D eigenvalue weighted by molar-refractivity contribution is 7.92. The fourth-order valence-corrected chi connectivity index (χ4v) is 3.99. The van der Waals surface area contributed by atoms with Gasteiger partial charge in [0.25, 0.3) is 5.91 Å². The molecule has 0 atom stereocenters. The highest BCUT2D eigenvalue weighted by atomic mass is 32.2. The zero-order valence-electron chi connectivity index (χ0n) is 17.0. The number of nitrogens with one attached hydrogen (secondary N) is 2. The smallest absolute Gasteiger partial charge is 0.255 e. The summed E-state index contributed by atoms with van der Waals surface area (Å²) in [6.07, 6.45) is 1.06. The number of aromatic nitrogens is 1. The van der Waals surface area contributed by atoms with Gasteiger partial charge in [0.2, 0.25) is 10.0 Å². The molecule has 0 fully saturated rings. The van der Waals surface area contributed by atoms with Crippen molar-refractivity contribution in [2.45, 2.75) is 6.54 Å². The summed E-state index contributed by atoms with van der Waals surface area (Å²) in [7, 11) is -2.00. The number of pyridine rings is 1. The number of carbonyl (C=O) groups is 1. The Labute approximate surface area is 180 Å². The molecule has 0 unspecified atom stereocenters. The summed E-state index contributed by atoms with van der Waals surface area (Å²) < 4.78 is 30.5. The number of ether oxygens (including phenoxy) is 1. The van der Waals surface area contributed by atoms with E-state index in [0.717, 1.165) is 33.6 Å². The van der Waals surface area contributed by atoms with Crippen molar-refractivity contribution in [3.05, 3.63) is 77.9 Å². The molecule has 0 aliphatic rings. The van der Waals surface area contributed by atoms with Crippen LogP contribution in [0.5, 0.6) is 5.75 Å². The van der Waals surface area contributed by atoms with Crippen molar-refractivity contribution in [1.82, 2.24) is 10.3 Å². The minimum atomic E-state index is -3.43. The first kappa shape index (κ1) is 20.6. The fraction of sp³-hybridized carbons (Fsp3) is 0.130. The number of methoxy groups -OCH3 is 1. The van der Waals surface area contributed by atoms with E-state index in [-0.39, 0.29) is 18.2 Å². The summed E-state index contributed by atoms with van der Waals surface area (Å²) in [6, 6.07) is 20.4. The van der Waals surface area contributed by atoms with Gasteiger partial charge in [-0.3, -0.25) is 9.52 Å². The zero-order chi connectivity index (χ0) is 22.0. The topological polar surface area (TPSA) is 97.4 Å². The molecule has 8 heteroatoms. The van der Waals surface area contributed by atoms with E-state index in [1.54, 1.807) is 0 Å². The molecule has 0 spiro atoms. The van der Waals surface area contributed by atoms with Gasteiger partial charge in [-0.05, 0) is 29.8 Å². The standard InChI is InChI=1S/C23H21N3O4S/c1-30-21-13-18(26-31(2,28)29)10-11-19(21)23(27)24-14-17-8-5-7-16-12-15-6-3-4-9-20(15)25-22(16)17/h3-13,26H,14H2,1-2H3,(H,24,27). The van der Waals surface area contributed by atoms with Crippen LogP contribution in [0.3, 0.4) is 0 Å². The Morgan fingerprint density at radius 1 is 1.00 bits per heavy atom. The van der Waals surface area contributed by atoms with Gasteiger partial charge in [0.15, 0.2) is 0 Å². The second kappa shape index (κ2) is 8.23. The molecule has 1 amide bonds. The maximum absolute atomic E-state index is 12.8. The molecule has 0 saturated heterocycles. The number of sulfonamides is 1. The Morgan fingerprint density at radius 3 is 2.55 bits per heavy atom. The minimum Gasteiger partial charge on any atom is -0.496 e. The van der Waals surface area contributed by atoms with Gasteiger partial charge in [0.05, 0.1) is 35.6 Å². The molecule has 0 radical (unpaired) electrons. The van der Waals surface area contributed by atoms with Gasteiger partial charge in [-0.2, -0.15) is 0 Å². The molecular weight excluding hydrogens is 414 g/mol. The minimum absolute atomic E-state index is 0.271. The van der Waals surface area contributed by atoms with E-state index < -0.39 is 10.0 Å². The lowest BCUT2D eigenvalue weighted by Gasteiger charge is -2.13. The Balaban J connectivity index is 1.59. The summed E-state index contributed by atoms with van der Waals surface area (Å²) in [6.45, 7) is 0.286. The third kappa shape index (κ3) is 4.59. The van der Waals surface area contributed by atoms with Gasteiger partial charge in [-0.15, -0.1) is 0 Å². The highest BCUT2D eigenvalue weighted by Gasteiger charge is 2.15. The van der Waals surface area contributed by atoms with E-state index in [0.29, 0.717) is 11.3 Å². The Bertz CT molecular complexity index is 1400. The molecule has 0 bridgehead atoms. The number of anilines is 1. The van der Waals surface area contributed by atoms with Crippen molar-refractivity contribution < 1.29 is 17.9 Å². The van der Waals surface area contributed by atoms with Crippen LogP contribution in [0.15, 0.2) is 66.7 Å². The van der Waals surface area contributed by atoms with Crippen LogP contribution in [-0.2, 0) is 16.6 Å². The van der Waals surface area contributed by atoms with E-state index in [1.807, 2.05) is 42.5 Å². The first-order valence-electron chi connectivity index (χ1n) is 9.55. The van der Waals surface area contributed by atoms with Crippen LogP contribution in [0.2, 0.25) is 0 Å². The van der Waals surface area contributed by atoms with Gasteiger partial charge in [-0.1, -0.05) is 36.4 Å². The number of amides is 1. The van der Waals surface area contributed by atoms with Gasteiger partial charge in [0, 0.05) is 23.4 Å². The molecule has 4 rings (SSSR count). The average molecular weight is 436 g/mol. The van der Waals surface area contributed by atoms with Crippen LogP contribution in [0.25, 0.3) is 21.8 Å². The molecule has 7 nitrogen and oxygen atoms in total. The van der Waals surface area contributed by atoms with E-state index in [9.17, 15) is 13.2 Å². The van der Waals surface area contributed by atoms with Gasteiger partial charge in [0.1, 0.15) is 5.75 Å². The van der Waals surface area contributed by atoms with Gasteiger partial charge < -0.3 is 10.1 Å². The number of nitrogens with zero attached hydrogens (tertiary/aromatic N) is 1. The number of fused-ring (bicyclic) bond motifs is 2. The molecule has 3 aromatic carbocycles. The molecule has 2 N–H and O–H groups in total. The van der Waals surface area contributed by atoms with Crippen molar-refractivity contribution in [2.24, 2.45) is 0 Å². The summed E-state index contributed by atoms with van der Waals surface area (Å²) in [5.41, 5.74) is 3.25. The Morgan fingerprint density at radius 2 is 1.77 bits per heavy atom. The summed E-state index contributed by atoms with van der Waals surface area (Å²) in [4.78, 5) is 17.6. The monoisotopic (exact) mass is 435 g/mol. The van der Waals surface area contributed by atoms with E-state index >= 15 is 0 Å². The third-order valence-electron chi connectivity index (χ3n) is 4.82. The number of carbonyl (C=O) groups excluding carboxylic acids is 1. The van der Waals surface area contributed by atoms with E-state index in [2.05, 4.69) is 16.1 Å². The van der Waals surface area contributed by atoms with Crippen LogP contribution in [0, 0.1) is 0 Å². The normalized spacial score (nSPS) is 11.4. The summed E-state index contributed by atoms with van der Waals surface area (Å²) >= 11 is 0. The van der Waals surface area contributed by atoms with Crippen LogP contribution in [-0.4, -0.2) is 32.7 Å². The molecule has 0 aliphatic heterocycles. The lowest BCUT2D eigenvalue weighted by molar-refractivity contribution is 0.0948. The van der Waals surface area contributed by atoms with Crippen LogP contribution in [0.1, 0.15) is 15.9 Å². The molecular formula is C23H21N3O4S. The molecule has 4 aromatic rings. The van der Waals surface area contributed by atoms with Crippen molar-refractivity contribution >= 4 is 43.4 Å². The number of benzene rings is 3. The van der Waals surface area contributed by atoms with E-state index in [1.165, 1.54) is 25.3 Å². The molecule has 158 valence electrons. The molecule has 0 saturated carbocycles. The van der Waals surface area contributed by atoms with Gasteiger partial charge in [-0.25, -0.2) is 13.4 Å². The number of rotatable bonds is 6. The molecule has 1 heterocycles. The van der Waals surface area contributed by atoms with Crippen molar-refractivity contribution in [2.75, 3.05) is 18.1 Å². The van der Waals surface area contributed by atoms with Crippen molar-refractivity contribution in [1.29, 1.82) is 0 Å². The van der Waals surface area contributed by atoms with Crippen LogP contribution < -0.4 is 14.8 Å². The first-order chi connectivity index (χ1) is 14.8. The van der Waals surface area contributed by atoms with E-state index in [4.69, 9.17) is 9.72 Å². The fourth-order valence-electron chi connectivity index (χ4n) is 3.43. The Kier molecular flexibility index (Phi) is 5.48. The molecule has 0 aliphatic carbocycles. The summed E-state index contributed by atoms with van der Waals surface area (Å²) in [5.74, 6) is -0.0614. The zero-order valence-corrected chi connectivity index (χ0v) is 17.9. The lowest BCUT2D eigenvalue weighted by atomic mass is 10.1. The van der Waals surface area contributed by atoms with Crippen molar-refractivity contribution in [3.63, 3.8) is 0 Å². The average Bonchev–Trinajstić information content (AvgIpc) is 2.74. The largest absolute Gasteiger partial charge is 0.496 e. The second-order valence-corrected chi connectivity index (χ2v) is 8.89. The van der Waals surface area contributed by atoms with Crippen molar-refractivity contribution in [3.8, 4) is 5.75 Å². The number of hydrogen-bond donors (Lipinski definition) is 2. The number of hydrogen-bond acceptors (Lipinski definition) is 5. The molecule has 1 aromatic heterocycles. The third-order valence-corrected chi connectivity index (χ3v) is 5.43. The lowest BCUT2D eigenvalue weighted by Crippen LogP contribution is -2.23. The van der Waals surface area contributed by atoms with Crippen LogP contribution >= 0.6 is 0 Å². The molecule has 31 heavy (non-hydrogen) atoms. The maximum Gasteiger partial charge on any atom is 0.255 e. The van der Waals surface area contributed by atoms with Crippen LogP contribution in [0.4, 0.5) is 5.69 Å². The first-order valence-corrected chi connectivity index (χ1v) is 11.4. The Hall–Kier alpha value is -3.65. The second-order valence-electron chi connectivity index (χ2n) is 7.14. The predicted octanol–water partition coefficient (Wildman–Crippen LogP) is 3.70.